The fourth-order valence-electron chi connectivity index (χ4n) is 1.82. The number of aromatic nitrogens is 2. The molecule has 0 amide bonds. The lowest BCUT2D eigenvalue weighted by Gasteiger charge is -2.14. The zero-order chi connectivity index (χ0) is 13.8. The van der Waals surface area contributed by atoms with Crippen molar-refractivity contribution >= 4 is 0 Å². The molecule has 1 unspecified atom stereocenters. The van der Waals surface area contributed by atoms with Crippen LogP contribution in [0.3, 0.4) is 0 Å². The van der Waals surface area contributed by atoms with Gasteiger partial charge in [0.05, 0.1) is 5.69 Å². The average molecular weight is 263 g/mol. The summed E-state index contributed by atoms with van der Waals surface area (Å²) in [6.45, 7) is 4.47. The van der Waals surface area contributed by atoms with Gasteiger partial charge in [-0.3, -0.25) is 4.68 Å². The Bertz CT molecular complexity index is 371. The number of alkyl halides is 3. The van der Waals surface area contributed by atoms with Crippen LogP contribution in [0.1, 0.15) is 37.4 Å². The number of nitrogens with one attached hydrogen (secondary N) is 1. The summed E-state index contributed by atoms with van der Waals surface area (Å²) < 4.78 is 37.7. The van der Waals surface area contributed by atoms with Crippen LogP contribution in [-0.4, -0.2) is 22.0 Å². The summed E-state index contributed by atoms with van der Waals surface area (Å²) in [7, 11) is 1.85. The van der Waals surface area contributed by atoms with Crippen molar-refractivity contribution in [1.29, 1.82) is 0 Å². The van der Waals surface area contributed by atoms with Gasteiger partial charge in [-0.2, -0.15) is 18.3 Å². The van der Waals surface area contributed by atoms with Gasteiger partial charge in [0.2, 0.25) is 0 Å². The molecule has 1 aromatic rings. The van der Waals surface area contributed by atoms with Gasteiger partial charge in [0.15, 0.2) is 0 Å². The highest BCUT2D eigenvalue weighted by Crippen LogP contribution is 2.22. The quantitative estimate of drug-likeness (QED) is 0.855. The maximum absolute atomic E-state index is 12.0. The number of nitrogens with zero attached hydrogens (tertiary/aromatic N) is 2. The largest absolute Gasteiger partial charge is 0.389 e. The lowest BCUT2D eigenvalue weighted by Crippen LogP contribution is -2.26. The molecular weight excluding hydrogens is 243 g/mol. The molecule has 0 aliphatic heterocycles. The third kappa shape index (κ3) is 5.53. The fourth-order valence-corrected chi connectivity index (χ4v) is 1.82. The molecule has 0 aromatic carbocycles. The van der Waals surface area contributed by atoms with Gasteiger partial charge in [-0.1, -0.05) is 0 Å². The molecule has 6 heteroatoms. The van der Waals surface area contributed by atoms with Crippen molar-refractivity contribution in [2.45, 2.75) is 51.9 Å². The van der Waals surface area contributed by atoms with Crippen LogP contribution in [0.5, 0.6) is 0 Å². The first-order valence-electron chi connectivity index (χ1n) is 6.07. The first kappa shape index (κ1) is 15.0. The zero-order valence-electron chi connectivity index (χ0n) is 11.0. The minimum absolute atomic E-state index is 0.0759. The van der Waals surface area contributed by atoms with Crippen molar-refractivity contribution in [2.75, 3.05) is 0 Å². The van der Waals surface area contributed by atoms with Gasteiger partial charge in [0, 0.05) is 37.8 Å². The number of halogens is 3. The molecule has 0 aliphatic carbocycles. The number of aryl methyl sites for hydroxylation is 2. The molecule has 18 heavy (non-hydrogen) atoms. The number of rotatable bonds is 6. The molecule has 104 valence electrons. The molecule has 0 spiro atoms. The van der Waals surface area contributed by atoms with Crippen LogP contribution in [0.15, 0.2) is 6.20 Å². The summed E-state index contributed by atoms with van der Waals surface area (Å²) in [5, 5.41) is 7.43. The summed E-state index contributed by atoms with van der Waals surface area (Å²) in [5.74, 6) is 0. The zero-order valence-corrected chi connectivity index (χ0v) is 11.0. The van der Waals surface area contributed by atoms with E-state index in [2.05, 4.69) is 10.4 Å². The Hall–Kier alpha value is -1.04. The van der Waals surface area contributed by atoms with E-state index >= 15 is 0 Å². The summed E-state index contributed by atoms with van der Waals surface area (Å²) in [5.41, 5.74) is 2.03. The van der Waals surface area contributed by atoms with Gasteiger partial charge < -0.3 is 5.32 Å². The SMILES string of the molecule is Cc1nn(C)cc1CNC(C)CCCC(F)(F)F. The molecule has 3 nitrogen and oxygen atoms in total. The van der Waals surface area contributed by atoms with Crippen molar-refractivity contribution in [1.82, 2.24) is 15.1 Å². The van der Waals surface area contributed by atoms with Crippen LogP contribution in [0.25, 0.3) is 0 Å². The maximum Gasteiger partial charge on any atom is 0.389 e. The Kier molecular flexibility index (Phi) is 5.19. The molecule has 0 radical (unpaired) electrons. The summed E-state index contributed by atoms with van der Waals surface area (Å²) in [6.07, 6.45) is -2.13. The van der Waals surface area contributed by atoms with Crippen molar-refractivity contribution in [3.8, 4) is 0 Å². The van der Waals surface area contributed by atoms with Crippen LogP contribution in [-0.2, 0) is 13.6 Å². The van der Waals surface area contributed by atoms with Gasteiger partial charge in [0.1, 0.15) is 0 Å². The maximum atomic E-state index is 12.0. The topological polar surface area (TPSA) is 29.9 Å². The van der Waals surface area contributed by atoms with Crippen molar-refractivity contribution in [2.24, 2.45) is 7.05 Å². The molecule has 1 N–H and O–H groups in total. The van der Waals surface area contributed by atoms with Gasteiger partial charge in [-0.15, -0.1) is 0 Å². The van der Waals surface area contributed by atoms with Crippen LogP contribution in [0.4, 0.5) is 13.2 Å². The molecule has 0 fully saturated rings. The van der Waals surface area contributed by atoms with E-state index in [1.165, 1.54) is 0 Å². The molecular formula is C12H20F3N3. The van der Waals surface area contributed by atoms with E-state index in [-0.39, 0.29) is 12.5 Å². The van der Waals surface area contributed by atoms with E-state index in [9.17, 15) is 13.2 Å². The molecule has 1 rings (SSSR count). The van der Waals surface area contributed by atoms with Crippen molar-refractivity contribution in [3.05, 3.63) is 17.5 Å². The Morgan fingerprint density at radius 3 is 2.61 bits per heavy atom. The van der Waals surface area contributed by atoms with Gasteiger partial charge in [-0.25, -0.2) is 0 Å². The molecule has 0 saturated heterocycles. The monoisotopic (exact) mass is 263 g/mol. The molecule has 1 heterocycles. The van der Waals surface area contributed by atoms with Gasteiger partial charge in [0.25, 0.3) is 0 Å². The molecule has 0 saturated carbocycles. The summed E-state index contributed by atoms with van der Waals surface area (Å²) >= 11 is 0. The van der Waals surface area contributed by atoms with Crippen molar-refractivity contribution in [3.63, 3.8) is 0 Å². The first-order valence-corrected chi connectivity index (χ1v) is 6.07. The van der Waals surface area contributed by atoms with Crippen LogP contribution in [0, 0.1) is 6.92 Å². The third-order valence-corrected chi connectivity index (χ3v) is 2.85. The predicted molar refractivity (Wildman–Crippen MR) is 64.2 cm³/mol. The van der Waals surface area contributed by atoms with Crippen molar-refractivity contribution < 1.29 is 13.2 Å². The number of hydrogen-bond donors (Lipinski definition) is 1. The van der Waals surface area contributed by atoms with Crippen LogP contribution >= 0.6 is 0 Å². The van der Waals surface area contributed by atoms with E-state index in [1.807, 2.05) is 27.1 Å². The minimum atomic E-state index is -4.04. The second kappa shape index (κ2) is 6.22. The van der Waals surface area contributed by atoms with Gasteiger partial charge >= 0.3 is 6.18 Å². The molecule has 1 atom stereocenters. The highest BCUT2D eigenvalue weighted by molar-refractivity contribution is 5.14. The van der Waals surface area contributed by atoms with E-state index in [0.717, 1.165) is 11.3 Å². The second-order valence-electron chi connectivity index (χ2n) is 4.70. The molecule has 0 bridgehead atoms. The van der Waals surface area contributed by atoms with E-state index in [4.69, 9.17) is 0 Å². The summed E-state index contributed by atoms with van der Waals surface area (Å²) in [4.78, 5) is 0. The average Bonchev–Trinajstić information content (AvgIpc) is 2.52. The molecule has 0 aliphatic rings. The fraction of sp³-hybridized carbons (Fsp3) is 0.750. The number of hydrogen-bond acceptors (Lipinski definition) is 2. The van der Waals surface area contributed by atoms with Gasteiger partial charge in [-0.05, 0) is 26.7 Å². The summed E-state index contributed by atoms with van der Waals surface area (Å²) in [6, 6.07) is 0.0759. The smallest absolute Gasteiger partial charge is 0.310 e. The van der Waals surface area contributed by atoms with Crippen LogP contribution < -0.4 is 5.32 Å². The van der Waals surface area contributed by atoms with E-state index in [0.29, 0.717) is 13.0 Å². The first-order chi connectivity index (χ1) is 8.28. The highest BCUT2D eigenvalue weighted by atomic mass is 19.4. The Labute approximate surface area is 105 Å². The lowest BCUT2D eigenvalue weighted by molar-refractivity contribution is -0.135. The Balaban J connectivity index is 2.25. The lowest BCUT2D eigenvalue weighted by atomic mass is 10.1. The predicted octanol–water partition coefficient (Wildman–Crippen LogP) is 2.94. The second-order valence-corrected chi connectivity index (χ2v) is 4.70. The minimum Gasteiger partial charge on any atom is -0.310 e. The Morgan fingerprint density at radius 2 is 2.11 bits per heavy atom. The third-order valence-electron chi connectivity index (χ3n) is 2.85. The normalized spacial score (nSPS) is 13.9. The standard InChI is InChI=1S/C12H20F3N3/c1-9(5-4-6-12(13,14)15)16-7-11-8-18(3)17-10(11)2/h8-9,16H,4-7H2,1-3H3. The highest BCUT2D eigenvalue weighted by Gasteiger charge is 2.26. The Morgan fingerprint density at radius 1 is 1.44 bits per heavy atom. The van der Waals surface area contributed by atoms with Crippen LogP contribution in [0.2, 0.25) is 0 Å². The van der Waals surface area contributed by atoms with E-state index in [1.54, 1.807) is 4.68 Å². The van der Waals surface area contributed by atoms with E-state index < -0.39 is 12.6 Å². The molecule has 1 aromatic heterocycles.